The molecule has 1 aromatic carbocycles. The number of rotatable bonds is 6. The fourth-order valence-corrected chi connectivity index (χ4v) is 4.46. The summed E-state index contributed by atoms with van der Waals surface area (Å²) in [6.45, 7) is 6.15. The summed E-state index contributed by atoms with van der Waals surface area (Å²) in [7, 11) is 0. The molecule has 0 radical (unpaired) electrons. The van der Waals surface area contributed by atoms with Gasteiger partial charge in [-0.1, -0.05) is 43.7 Å². The highest BCUT2D eigenvalue weighted by atomic mass is 16.5. The predicted molar refractivity (Wildman–Crippen MR) is 105 cm³/mol. The molecular formula is C22H31N3O2. The van der Waals surface area contributed by atoms with Gasteiger partial charge in [0.25, 0.3) is 0 Å². The lowest BCUT2D eigenvalue weighted by Gasteiger charge is -2.35. The molecule has 2 fully saturated rings. The third-order valence-electron chi connectivity index (χ3n) is 5.90. The van der Waals surface area contributed by atoms with Crippen LogP contribution < -0.4 is 0 Å². The minimum absolute atomic E-state index is 0.276. The largest absolute Gasteiger partial charge is 0.423 e. The van der Waals surface area contributed by atoms with Crippen LogP contribution in [-0.2, 0) is 11.2 Å². The van der Waals surface area contributed by atoms with Crippen LogP contribution in [-0.4, -0.2) is 41.4 Å². The molecule has 0 spiro atoms. The first-order chi connectivity index (χ1) is 13.3. The van der Waals surface area contributed by atoms with E-state index < -0.39 is 0 Å². The van der Waals surface area contributed by atoms with Gasteiger partial charge in [-0.05, 0) is 50.1 Å². The molecule has 0 bridgehead atoms. The number of likely N-dealkylation sites (tertiary alicyclic amines) is 1. The van der Waals surface area contributed by atoms with E-state index in [4.69, 9.17) is 9.15 Å². The summed E-state index contributed by atoms with van der Waals surface area (Å²) in [6, 6.07) is 11.1. The molecule has 5 heteroatoms. The molecular weight excluding hydrogens is 338 g/mol. The molecule has 0 amide bonds. The molecule has 0 N–H and O–H groups in total. The summed E-state index contributed by atoms with van der Waals surface area (Å²) in [5.74, 6) is 2.61. The van der Waals surface area contributed by atoms with E-state index in [2.05, 4.69) is 52.4 Å². The SMILES string of the molecule is C[C@@H](Cc1ccccc1)CN1CCCC[C@H]1c1nnc(C2CCOCC2)o1. The quantitative estimate of drug-likeness (QED) is 0.757. The number of benzene rings is 1. The third kappa shape index (κ3) is 4.77. The highest BCUT2D eigenvalue weighted by Gasteiger charge is 2.31. The molecule has 0 saturated carbocycles. The van der Waals surface area contributed by atoms with Gasteiger partial charge in [-0.2, -0.15) is 0 Å². The second kappa shape index (κ2) is 8.98. The van der Waals surface area contributed by atoms with Gasteiger partial charge in [-0.15, -0.1) is 10.2 Å². The van der Waals surface area contributed by atoms with Crippen molar-refractivity contribution in [1.82, 2.24) is 15.1 Å². The van der Waals surface area contributed by atoms with Crippen LogP contribution in [0.4, 0.5) is 0 Å². The van der Waals surface area contributed by atoms with E-state index in [1.165, 1.54) is 18.4 Å². The van der Waals surface area contributed by atoms with E-state index in [0.29, 0.717) is 11.8 Å². The van der Waals surface area contributed by atoms with Gasteiger partial charge < -0.3 is 9.15 Å². The molecule has 0 unspecified atom stereocenters. The smallest absolute Gasteiger partial charge is 0.233 e. The number of nitrogens with zero attached hydrogens (tertiary/aromatic N) is 3. The molecule has 2 saturated heterocycles. The van der Waals surface area contributed by atoms with Gasteiger partial charge in [0.1, 0.15) is 0 Å². The van der Waals surface area contributed by atoms with Crippen LogP contribution in [0.2, 0.25) is 0 Å². The Morgan fingerprint density at radius 3 is 2.63 bits per heavy atom. The number of hydrogen-bond donors (Lipinski definition) is 0. The monoisotopic (exact) mass is 369 g/mol. The van der Waals surface area contributed by atoms with E-state index in [9.17, 15) is 0 Å². The van der Waals surface area contributed by atoms with Crippen LogP contribution >= 0.6 is 0 Å². The standard InChI is InChI=1S/C22H31N3O2/c1-17(15-18-7-3-2-4-8-18)16-25-12-6-5-9-20(25)22-24-23-21(27-22)19-10-13-26-14-11-19/h2-4,7-8,17,19-20H,5-6,9-16H2,1H3/t17-,20-/m0/s1. The van der Waals surface area contributed by atoms with Gasteiger partial charge in [-0.3, -0.25) is 4.90 Å². The van der Waals surface area contributed by atoms with Gasteiger partial charge in [0.15, 0.2) is 0 Å². The highest BCUT2D eigenvalue weighted by molar-refractivity contribution is 5.15. The van der Waals surface area contributed by atoms with Crippen molar-refractivity contribution >= 4 is 0 Å². The van der Waals surface area contributed by atoms with Gasteiger partial charge in [0, 0.05) is 25.7 Å². The Kier molecular flexibility index (Phi) is 6.20. The summed E-state index contributed by atoms with van der Waals surface area (Å²) >= 11 is 0. The topological polar surface area (TPSA) is 51.4 Å². The lowest BCUT2D eigenvalue weighted by Crippen LogP contribution is -2.37. The molecule has 146 valence electrons. The molecule has 2 aromatic rings. The van der Waals surface area contributed by atoms with E-state index in [0.717, 1.165) is 63.8 Å². The van der Waals surface area contributed by atoms with E-state index in [1.807, 2.05) is 0 Å². The van der Waals surface area contributed by atoms with Crippen LogP contribution in [0.1, 0.15) is 68.3 Å². The van der Waals surface area contributed by atoms with Crippen molar-refractivity contribution in [3.05, 3.63) is 47.7 Å². The van der Waals surface area contributed by atoms with Gasteiger partial charge in [-0.25, -0.2) is 0 Å². The predicted octanol–water partition coefficient (Wildman–Crippen LogP) is 4.37. The van der Waals surface area contributed by atoms with E-state index >= 15 is 0 Å². The average Bonchev–Trinajstić information content (AvgIpc) is 3.20. The Labute approximate surface area is 162 Å². The summed E-state index contributed by atoms with van der Waals surface area (Å²) in [6.07, 6.45) is 6.71. The fraction of sp³-hybridized carbons (Fsp3) is 0.636. The average molecular weight is 370 g/mol. The van der Waals surface area contributed by atoms with Crippen molar-refractivity contribution in [2.45, 2.75) is 57.4 Å². The summed E-state index contributed by atoms with van der Waals surface area (Å²) < 4.78 is 11.6. The van der Waals surface area contributed by atoms with Crippen LogP contribution in [0.15, 0.2) is 34.7 Å². The Hall–Kier alpha value is -1.72. The summed E-state index contributed by atoms with van der Waals surface area (Å²) in [5, 5.41) is 8.85. The molecule has 2 aliphatic rings. The molecule has 1 aromatic heterocycles. The van der Waals surface area contributed by atoms with Gasteiger partial charge in [0.05, 0.1) is 6.04 Å². The van der Waals surface area contributed by atoms with Crippen LogP contribution in [0, 0.1) is 5.92 Å². The maximum atomic E-state index is 6.17. The normalized spacial score (nSPS) is 23.4. The number of ether oxygens (including phenoxy) is 1. The summed E-state index contributed by atoms with van der Waals surface area (Å²) in [4.78, 5) is 2.57. The minimum atomic E-state index is 0.276. The summed E-state index contributed by atoms with van der Waals surface area (Å²) in [5.41, 5.74) is 1.41. The van der Waals surface area contributed by atoms with E-state index in [1.54, 1.807) is 0 Å². The van der Waals surface area contributed by atoms with Crippen LogP contribution in [0.3, 0.4) is 0 Å². The Morgan fingerprint density at radius 2 is 1.81 bits per heavy atom. The van der Waals surface area contributed by atoms with Crippen molar-refractivity contribution in [2.75, 3.05) is 26.3 Å². The number of hydrogen-bond acceptors (Lipinski definition) is 5. The molecule has 5 nitrogen and oxygen atoms in total. The first-order valence-electron chi connectivity index (χ1n) is 10.5. The highest BCUT2D eigenvalue weighted by Crippen LogP contribution is 2.33. The molecule has 2 aliphatic heterocycles. The zero-order valence-corrected chi connectivity index (χ0v) is 16.3. The zero-order chi connectivity index (χ0) is 18.5. The van der Waals surface area contributed by atoms with Crippen LogP contribution in [0.25, 0.3) is 0 Å². The number of piperidine rings is 1. The van der Waals surface area contributed by atoms with E-state index in [-0.39, 0.29) is 6.04 Å². The Bertz CT molecular complexity index is 697. The van der Waals surface area contributed by atoms with Crippen molar-refractivity contribution in [1.29, 1.82) is 0 Å². The van der Waals surface area contributed by atoms with Crippen molar-refractivity contribution in [2.24, 2.45) is 5.92 Å². The van der Waals surface area contributed by atoms with Crippen LogP contribution in [0.5, 0.6) is 0 Å². The van der Waals surface area contributed by atoms with Crippen molar-refractivity contribution in [3.63, 3.8) is 0 Å². The first-order valence-corrected chi connectivity index (χ1v) is 10.5. The van der Waals surface area contributed by atoms with Gasteiger partial charge >= 0.3 is 0 Å². The molecule has 0 aliphatic carbocycles. The molecule has 3 heterocycles. The van der Waals surface area contributed by atoms with Gasteiger partial charge in [0.2, 0.25) is 11.8 Å². The lowest BCUT2D eigenvalue weighted by atomic mass is 9.96. The second-order valence-electron chi connectivity index (χ2n) is 8.17. The Balaban J connectivity index is 1.40. The maximum absolute atomic E-state index is 6.17. The maximum Gasteiger partial charge on any atom is 0.233 e. The fourth-order valence-electron chi connectivity index (χ4n) is 4.46. The minimum Gasteiger partial charge on any atom is -0.423 e. The number of aromatic nitrogens is 2. The molecule has 2 atom stereocenters. The zero-order valence-electron chi connectivity index (χ0n) is 16.3. The lowest BCUT2D eigenvalue weighted by molar-refractivity contribution is 0.0763. The third-order valence-corrected chi connectivity index (χ3v) is 5.90. The second-order valence-corrected chi connectivity index (χ2v) is 8.17. The molecule has 4 rings (SSSR count). The van der Waals surface area contributed by atoms with Crippen molar-refractivity contribution in [3.8, 4) is 0 Å². The first kappa shape index (κ1) is 18.6. The Morgan fingerprint density at radius 1 is 1.04 bits per heavy atom. The molecule has 27 heavy (non-hydrogen) atoms. The van der Waals surface area contributed by atoms with Crippen molar-refractivity contribution < 1.29 is 9.15 Å².